The number of aryl methyl sites for hydroxylation is 2. The molecule has 1 aliphatic carbocycles. The van der Waals surface area contributed by atoms with Crippen molar-refractivity contribution in [3.8, 4) is 0 Å². The topological polar surface area (TPSA) is 114 Å². The Balaban J connectivity index is 1.53. The molecular weight excluding hydrogens is 368 g/mol. The highest BCUT2D eigenvalue weighted by Gasteiger charge is 2.72. The van der Waals surface area contributed by atoms with Crippen LogP contribution < -0.4 is 10.6 Å². The number of carbonyl (C=O) groups excluding carboxylic acids is 2. The Hall–Kier alpha value is -2.07. The number of fused-ring (bicyclic) bond motifs is 4. The number of anilines is 1. The second kappa shape index (κ2) is 5.48. The minimum Gasteiger partial charge on any atom is -0.396 e. The van der Waals surface area contributed by atoms with Gasteiger partial charge >= 0.3 is 0 Å². The monoisotopic (exact) mass is 388 g/mol. The number of rotatable bonds is 4. The third-order valence-electron chi connectivity index (χ3n) is 6.08. The molecule has 8 nitrogen and oxygen atoms in total. The molecule has 1 aromatic rings. The summed E-state index contributed by atoms with van der Waals surface area (Å²) in [6.45, 7) is 4.17. The third kappa shape index (κ3) is 2.05. The van der Waals surface area contributed by atoms with Gasteiger partial charge in [-0.3, -0.25) is 9.59 Å². The summed E-state index contributed by atoms with van der Waals surface area (Å²) in [6.07, 6.45) is 1.34. The number of Topliss-reactive ketones (excluding diaryl/α,β-unsaturated/α-hetero) is 1. The zero-order valence-electron chi connectivity index (χ0n) is 15.2. The van der Waals surface area contributed by atoms with Crippen molar-refractivity contribution < 1.29 is 19.4 Å². The summed E-state index contributed by atoms with van der Waals surface area (Å²) in [6, 6.07) is 0.229. The maximum atomic E-state index is 13.2. The molecule has 0 bridgehead atoms. The lowest BCUT2D eigenvalue weighted by molar-refractivity contribution is -0.136. The van der Waals surface area contributed by atoms with Crippen molar-refractivity contribution in [2.75, 3.05) is 25.6 Å². The van der Waals surface area contributed by atoms with Crippen molar-refractivity contribution in [3.05, 3.63) is 33.6 Å². The lowest BCUT2D eigenvalue weighted by atomic mass is 9.84. The van der Waals surface area contributed by atoms with Gasteiger partial charge in [0.05, 0.1) is 35.7 Å². The quantitative estimate of drug-likeness (QED) is 0.491. The number of piperazine rings is 1. The molecule has 4 heterocycles. The zero-order valence-corrected chi connectivity index (χ0v) is 16.0. The first-order chi connectivity index (χ1) is 12.9. The molecule has 3 aliphatic heterocycles. The van der Waals surface area contributed by atoms with Crippen LogP contribution in [0.3, 0.4) is 0 Å². The summed E-state index contributed by atoms with van der Waals surface area (Å²) in [5.41, 5.74) is 0.904. The normalized spacial score (nSPS) is 33.9. The van der Waals surface area contributed by atoms with Crippen molar-refractivity contribution in [1.29, 1.82) is 0 Å². The van der Waals surface area contributed by atoms with Gasteiger partial charge in [-0.15, -0.1) is 11.3 Å². The minimum absolute atomic E-state index is 0.00604. The molecule has 2 saturated heterocycles. The maximum absolute atomic E-state index is 13.2. The van der Waals surface area contributed by atoms with Crippen LogP contribution in [0.1, 0.15) is 10.6 Å². The second-order valence-electron chi connectivity index (χ2n) is 7.35. The number of ether oxygens (including phenoxy) is 1. The van der Waals surface area contributed by atoms with E-state index in [1.54, 1.807) is 7.11 Å². The highest BCUT2D eigenvalue weighted by Crippen LogP contribution is 2.54. The van der Waals surface area contributed by atoms with Gasteiger partial charge in [0.15, 0.2) is 10.9 Å². The summed E-state index contributed by atoms with van der Waals surface area (Å²) < 4.78 is 5.84. The Morgan fingerprint density at radius 3 is 2.89 bits per heavy atom. The van der Waals surface area contributed by atoms with E-state index in [9.17, 15) is 14.7 Å². The molecule has 1 aromatic heterocycles. The third-order valence-corrected chi connectivity index (χ3v) is 7.07. The molecule has 0 amide bonds. The minimum atomic E-state index is -0.882. The lowest BCUT2D eigenvalue weighted by Crippen LogP contribution is -2.54. The Labute approximate surface area is 159 Å². The number of ketones is 2. The molecule has 9 heteroatoms. The highest BCUT2D eigenvalue weighted by molar-refractivity contribution is 7.15. The molecule has 27 heavy (non-hydrogen) atoms. The number of nitrogens with one attached hydrogen (secondary N) is 2. The molecule has 2 fully saturated rings. The molecule has 0 saturated carbocycles. The van der Waals surface area contributed by atoms with Crippen LogP contribution in [0.2, 0.25) is 0 Å². The van der Waals surface area contributed by atoms with Gasteiger partial charge in [0.1, 0.15) is 0 Å². The van der Waals surface area contributed by atoms with Crippen LogP contribution in [0.5, 0.6) is 0 Å². The maximum Gasteiger partial charge on any atom is 0.208 e. The fourth-order valence-corrected chi connectivity index (χ4v) is 5.54. The highest BCUT2D eigenvalue weighted by atomic mass is 32.1. The standard InChI is InChI=1S/C18H20N4O4S/c1-7-8(2)27-17(19-7)21-10-4-12(24)14-13(15(10)25)9(6-23)18(26-3)16-11(20-16)5-22(14)18/h4,9,11,16,20,23H,5-6H2,1-3H3,(H,19,21). The molecule has 4 atom stereocenters. The van der Waals surface area contributed by atoms with E-state index in [1.165, 1.54) is 17.4 Å². The lowest BCUT2D eigenvalue weighted by Gasteiger charge is -2.39. The number of thiazole rings is 1. The second-order valence-corrected chi connectivity index (χ2v) is 8.56. The van der Waals surface area contributed by atoms with E-state index in [2.05, 4.69) is 15.6 Å². The van der Waals surface area contributed by atoms with Crippen molar-refractivity contribution in [1.82, 2.24) is 15.2 Å². The molecule has 4 unspecified atom stereocenters. The van der Waals surface area contributed by atoms with Crippen LogP contribution in [0.15, 0.2) is 23.0 Å². The Morgan fingerprint density at radius 2 is 2.26 bits per heavy atom. The molecule has 0 radical (unpaired) electrons. The smallest absolute Gasteiger partial charge is 0.208 e. The average Bonchev–Trinajstić information content (AvgIpc) is 3.11. The summed E-state index contributed by atoms with van der Waals surface area (Å²) in [7, 11) is 1.57. The van der Waals surface area contributed by atoms with Crippen molar-refractivity contribution >= 4 is 28.0 Å². The van der Waals surface area contributed by atoms with E-state index in [0.717, 1.165) is 10.6 Å². The zero-order chi connectivity index (χ0) is 19.1. The van der Waals surface area contributed by atoms with Crippen LogP contribution in [0.4, 0.5) is 5.13 Å². The molecule has 4 aliphatic rings. The molecular formula is C18H20N4O4S. The van der Waals surface area contributed by atoms with Crippen molar-refractivity contribution in [3.63, 3.8) is 0 Å². The van der Waals surface area contributed by atoms with E-state index in [4.69, 9.17) is 4.74 Å². The number of allylic oxidation sites excluding steroid dienone is 2. The number of nitrogens with zero attached hydrogens (tertiary/aromatic N) is 2. The van der Waals surface area contributed by atoms with E-state index in [0.29, 0.717) is 22.9 Å². The van der Waals surface area contributed by atoms with Gasteiger partial charge in [-0.2, -0.15) is 0 Å². The van der Waals surface area contributed by atoms with Gasteiger partial charge in [-0.1, -0.05) is 0 Å². The SMILES string of the molecule is COC12C(CO)C3=C(C(=O)C=C(Nc4nc(C)c(C)s4)C3=O)N1CC1NC12. The Bertz CT molecular complexity index is 932. The summed E-state index contributed by atoms with van der Waals surface area (Å²) in [5.74, 6) is -1.10. The molecule has 142 valence electrons. The van der Waals surface area contributed by atoms with Gasteiger partial charge in [0.2, 0.25) is 11.6 Å². The van der Waals surface area contributed by atoms with Crippen LogP contribution in [-0.4, -0.2) is 64.6 Å². The number of aromatic nitrogens is 1. The first-order valence-corrected chi connectivity index (χ1v) is 9.69. The van der Waals surface area contributed by atoms with Gasteiger partial charge < -0.3 is 25.4 Å². The summed E-state index contributed by atoms with van der Waals surface area (Å²) in [5, 5.41) is 17.0. The van der Waals surface area contributed by atoms with E-state index in [1.807, 2.05) is 18.7 Å². The van der Waals surface area contributed by atoms with Gasteiger partial charge in [-0.05, 0) is 13.8 Å². The van der Waals surface area contributed by atoms with Crippen LogP contribution in [0, 0.1) is 19.8 Å². The van der Waals surface area contributed by atoms with Crippen molar-refractivity contribution in [2.24, 2.45) is 5.92 Å². The van der Waals surface area contributed by atoms with Crippen LogP contribution >= 0.6 is 11.3 Å². The number of aliphatic hydroxyl groups excluding tert-OH is 1. The number of hydrogen-bond donors (Lipinski definition) is 3. The van der Waals surface area contributed by atoms with Gasteiger partial charge in [-0.25, -0.2) is 4.98 Å². The largest absolute Gasteiger partial charge is 0.396 e. The van der Waals surface area contributed by atoms with Crippen molar-refractivity contribution in [2.45, 2.75) is 31.7 Å². The predicted octanol–water partition coefficient (Wildman–Crippen LogP) is 0.0824. The first kappa shape index (κ1) is 17.1. The number of hydrogen-bond acceptors (Lipinski definition) is 9. The predicted molar refractivity (Wildman–Crippen MR) is 98.1 cm³/mol. The van der Waals surface area contributed by atoms with E-state index >= 15 is 0 Å². The fraction of sp³-hybridized carbons (Fsp3) is 0.500. The molecule has 5 rings (SSSR count). The number of methoxy groups -OCH3 is 1. The van der Waals surface area contributed by atoms with E-state index in [-0.39, 0.29) is 36.0 Å². The first-order valence-electron chi connectivity index (χ1n) is 8.88. The molecule has 0 aromatic carbocycles. The summed E-state index contributed by atoms with van der Waals surface area (Å²) in [4.78, 5) is 33.5. The van der Waals surface area contributed by atoms with E-state index < -0.39 is 11.6 Å². The number of carbonyl (C=O) groups is 2. The average molecular weight is 388 g/mol. The van der Waals surface area contributed by atoms with Crippen LogP contribution in [-0.2, 0) is 14.3 Å². The Kier molecular flexibility index (Phi) is 3.46. The fourth-order valence-electron chi connectivity index (χ4n) is 4.71. The Morgan fingerprint density at radius 1 is 1.48 bits per heavy atom. The number of aliphatic hydroxyl groups is 1. The van der Waals surface area contributed by atoms with Gasteiger partial charge in [0.25, 0.3) is 0 Å². The molecule has 3 N–H and O–H groups in total. The van der Waals surface area contributed by atoms with Crippen LogP contribution in [0.25, 0.3) is 0 Å². The van der Waals surface area contributed by atoms with Gasteiger partial charge in [0, 0.05) is 36.2 Å². The summed E-state index contributed by atoms with van der Waals surface area (Å²) >= 11 is 1.43. The molecule has 0 spiro atoms.